The number of amides is 1. The molecule has 8 nitrogen and oxygen atoms in total. The molecule has 0 fully saturated rings. The fourth-order valence-corrected chi connectivity index (χ4v) is 4.21. The molecule has 2 N–H and O–H groups in total. The van der Waals surface area contributed by atoms with Crippen LogP contribution < -0.4 is 10.0 Å². The largest absolute Gasteiger partial charge is 0.298 e. The van der Waals surface area contributed by atoms with E-state index in [4.69, 9.17) is 0 Å². The van der Waals surface area contributed by atoms with Gasteiger partial charge in [0, 0.05) is 22.2 Å². The number of hydrogen-bond donors (Lipinski definition) is 2. The van der Waals surface area contributed by atoms with Gasteiger partial charge in [-0.1, -0.05) is 12.1 Å². The first kappa shape index (κ1) is 20.9. The molecular weight excluding hydrogens is 434 g/mol. The van der Waals surface area contributed by atoms with Crippen molar-refractivity contribution in [3.8, 4) is 11.3 Å². The summed E-state index contributed by atoms with van der Waals surface area (Å²) in [6.07, 6.45) is 1.10. The third kappa shape index (κ3) is 4.86. The highest BCUT2D eigenvalue weighted by atomic mass is 32.2. The first-order chi connectivity index (χ1) is 14.7. The van der Waals surface area contributed by atoms with Gasteiger partial charge in [0.25, 0.3) is 5.91 Å². The number of nitrogens with one attached hydrogen (secondary N) is 2. The lowest BCUT2D eigenvalue weighted by atomic mass is 10.1. The van der Waals surface area contributed by atoms with Crippen molar-refractivity contribution in [1.82, 2.24) is 15.0 Å². The van der Waals surface area contributed by atoms with E-state index in [0.717, 1.165) is 28.7 Å². The lowest BCUT2D eigenvalue weighted by molar-refractivity contribution is 0.102. The van der Waals surface area contributed by atoms with Gasteiger partial charge in [-0.2, -0.15) is 0 Å². The topological polar surface area (TPSA) is 114 Å². The number of rotatable bonds is 5. The molecule has 0 unspecified atom stereocenters. The van der Waals surface area contributed by atoms with Gasteiger partial charge in [0.1, 0.15) is 0 Å². The highest BCUT2D eigenvalue weighted by molar-refractivity contribution is 7.92. The smallest absolute Gasteiger partial charge is 0.257 e. The zero-order valence-electron chi connectivity index (χ0n) is 17.0. The second-order valence-electron chi connectivity index (χ2n) is 7.04. The SMILES string of the molecule is Cc1nc2ccc(C(=O)Nc3nc(-c4ccc(NS(C)(=O)=O)cc4)cs3)cc2nc1C. The van der Waals surface area contributed by atoms with Crippen LogP contribution in [0.15, 0.2) is 47.8 Å². The zero-order valence-corrected chi connectivity index (χ0v) is 18.6. The number of aryl methyl sites for hydroxylation is 2. The van der Waals surface area contributed by atoms with Crippen molar-refractivity contribution in [2.24, 2.45) is 0 Å². The number of aromatic nitrogens is 3. The number of anilines is 2. The first-order valence-corrected chi connectivity index (χ1v) is 12.1. The molecule has 4 aromatic rings. The minimum atomic E-state index is -3.33. The molecule has 0 saturated carbocycles. The van der Waals surface area contributed by atoms with Crippen molar-refractivity contribution in [3.63, 3.8) is 0 Å². The number of benzene rings is 2. The van der Waals surface area contributed by atoms with Crippen molar-refractivity contribution >= 4 is 49.1 Å². The second-order valence-corrected chi connectivity index (χ2v) is 9.65. The Bertz CT molecular complexity index is 1400. The van der Waals surface area contributed by atoms with Gasteiger partial charge in [0.2, 0.25) is 10.0 Å². The van der Waals surface area contributed by atoms with E-state index in [-0.39, 0.29) is 5.91 Å². The summed E-state index contributed by atoms with van der Waals surface area (Å²) in [4.78, 5) is 26.1. The number of nitrogens with zero attached hydrogens (tertiary/aromatic N) is 3. The number of carbonyl (C=O) groups excluding carboxylic acids is 1. The Hall–Kier alpha value is -3.37. The molecule has 1 amide bonds. The minimum absolute atomic E-state index is 0.282. The van der Waals surface area contributed by atoms with Crippen LogP contribution in [0.4, 0.5) is 10.8 Å². The van der Waals surface area contributed by atoms with Crippen LogP contribution in [0.5, 0.6) is 0 Å². The molecule has 0 spiro atoms. The highest BCUT2D eigenvalue weighted by Crippen LogP contribution is 2.26. The molecule has 0 saturated heterocycles. The molecule has 0 bridgehead atoms. The lowest BCUT2D eigenvalue weighted by Crippen LogP contribution is -2.12. The Kier molecular flexibility index (Phi) is 5.42. The molecule has 2 heterocycles. The van der Waals surface area contributed by atoms with Gasteiger partial charge >= 0.3 is 0 Å². The summed E-state index contributed by atoms with van der Waals surface area (Å²) in [7, 11) is -3.33. The third-order valence-electron chi connectivity index (χ3n) is 4.55. The molecule has 0 aliphatic carbocycles. The van der Waals surface area contributed by atoms with Crippen LogP contribution in [0.25, 0.3) is 22.3 Å². The molecule has 158 valence electrons. The number of thiazole rings is 1. The summed E-state index contributed by atoms with van der Waals surface area (Å²) in [5, 5.41) is 5.10. The van der Waals surface area contributed by atoms with Crippen LogP contribution in [0.2, 0.25) is 0 Å². The molecular formula is C21H19N5O3S2. The standard InChI is InChI=1S/C21H19N5O3S2/c1-12-13(2)23-18-10-15(6-9-17(18)22-12)20(27)25-21-24-19(11-30-21)14-4-7-16(8-5-14)26-31(3,28)29/h4-11,26H,1-3H3,(H,24,25,27). The van der Waals surface area contributed by atoms with E-state index in [1.54, 1.807) is 42.5 Å². The molecule has 4 rings (SSSR count). The predicted octanol–water partition coefficient (Wildman–Crippen LogP) is 3.99. The third-order valence-corrected chi connectivity index (χ3v) is 5.91. The van der Waals surface area contributed by atoms with E-state index >= 15 is 0 Å². The minimum Gasteiger partial charge on any atom is -0.298 e. The molecule has 31 heavy (non-hydrogen) atoms. The van der Waals surface area contributed by atoms with Crippen molar-refractivity contribution in [2.45, 2.75) is 13.8 Å². The van der Waals surface area contributed by atoms with E-state index in [2.05, 4.69) is 25.0 Å². The Labute approximate surface area is 183 Å². The number of carbonyl (C=O) groups is 1. The number of fused-ring (bicyclic) bond motifs is 1. The fraction of sp³-hybridized carbons (Fsp3) is 0.143. The maximum atomic E-state index is 12.7. The van der Waals surface area contributed by atoms with Crippen LogP contribution in [0, 0.1) is 13.8 Å². The van der Waals surface area contributed by atoms with Crippen LogP contribution in [0.1, 0.15) is 21.7 Å². The molecule has 0 atom stereocenters. The summed E-state index contributed by atoms with van der Waals surface area (Å²) in [6.45, 7) is 3.79. The molecule has 0 aliphatic heterocycles. The van der Waals surface area contributed by atoms with Gasteiger partial charge in [-0.3, -0.25) is 14.8 Å². The number of sulfonamides is 1. The number of hydrogen-bond acceptors (Lipinski definition) is 7. The summed E-state index contributed by atoms with van der Waals surface area (Å²) in [6, 6.07) is 12.1. The van der Waals surface area contributed by atoms with Crippen molar-refractivity contribution in [1.29, 1.82) is 0 Å². The van der Waals surface area contributed by atoms with E-state index in [1.807, 2.05) is 19.2 Å². The van der Waals surface area contributed by atoms with Gasteiger partial charge in [-0.15, -0.1) is 11.3 Å². The summed E-state index contributed by atoms with van der Waals surface area (Å²) < 4.78 is 25.0. The Morgan fingerprint density at radius 2 is 1.61 bits per heavy atom. The summed E-state index contributed by atoms with van der Waals surface area (Å²) >= 11 is 1.31. The summed E-state index contributed by atoms with van der Waals surface area (Å²) in [5.41, 5.74) is 5.53. The van der Waals surface area contributed by atoms with Gasteiger partial charge < -0.3 is 0 Å². The highest BCUT2D eigenvalue weighted by Gasteiger charge is 2.12. The Morgan fingerprint density at radius 1 is 0.935 bits per heavy atom. The van der Waals surface area contributed by atoms with Gasteiger partial charge in [-0.25, -0.2) is 23.4 Å². The van der Waals surface area contributed by atoms with E-state index in [0.29, 0.717) is 27.6 Å². The quantitative estimate of drug-likeness (QED) is 0.472. The van der Waals surface area contributed by atoms with E-state index in [9.17, 15) is 13.2 Å². The van der Waals surface area contributed by atoms with Crippen molar-refractivity contribution < 1.29 is 13.2 Å². The molecule has 2 aromatic heterocycles. The van der Waals surface area contributed by atoms with Crippen LogP contribution in [0.3, 0.4) is 0 Å². The maximum Gasteiger partial charge on any atom is 0.257 e. The van der Waals surface area contributed by atoms with Crippen LogP contribution >= 0.6 is 11.3 Å². The Balaban J connectivity index is 1.50. The molecule has 2 aromatic carbocycles. The summed E-state index contributed by atoms with van der Waals surface area (Å²) in [5.74, 6) is -0.282. The molecule has 0 aliphatic rings. The fourth-order valence-electron chi connectivity index (χ4n) is 2.93. The maximum absolute atomic E-state index is 12.7. The lowest BCUT2D eigenvalue weighted by Gasteiger charge is -2.05. The van der Waals surface area contributed by atoms with E-state index < -0.39 is 10.0 Å². The van der Waals surface area contributed by atoms with Crippen LogP contribution in [-0.2, 0) is 10.0 Å². The van der Waals surface area contributed by atoms with Gasteiger partial charge in [-0.05, 0) is 44.2 Å². The zero-order chi connectivity index (χ0) is 22.2. The first-order valence-electron chi connectivity index (χ1n) is 9.28. The Morgan fingerprint density at radius 3 is 2.29 bits per heavy atom. The predicted molar refractivity (Wildman–Crippen MR) is 123 cm³/mol. The molecule has 10 heteroatoms. The average Bonchev–Trinajstić information content (AvgIpc) is 3.16. The van der Waals surface area contributed by atoms with Crippen LogP contribution in [-0.4, -0.2) is 35.5 Å². The van der Waals surface area contributed by atoms with Crippen molar-refractivity contribution in [2.75, 3.05) is 16.3 Å². The van der Waals surface area contributed by atoms with Gasteiger partial charge in [0.15, 0.2) is 5.13 Å². The monoisotopic (exact) mass is 453 g/mol. The molecule has 0 radical (unpaired) electrons. The van der Waals surface area contributed by atoms with Crippen molar-refractivity contribution in [3.05, 3.63) is 64.8 Å². The van der Waals surface area contributed by atoms with E-state index in [1.165, 1.54) is 11.3 Å². The van der Waals surface area contributed by atoms with Gasteiger partial charge in [0.05, 0.1) is 34.4 Å². The average molecular weight is 454 g/mol. The normalized spacial score (nSPS) is 11.5. The second kappa shape index (κ2) is 8.05.